The summed E-state index contributed by atoms with van der Waals surface area (Å²) in [6.07, 6.45) is 2.55. The second-order valence-electron chi connectivity index (χ2n) is 5.79. The summed E-state index contributed by atoms with van der Waals surface area (Å²) < 4.78 is 5.55. The number of rotatable bonds is 5. The van der Waals surface area contributed by atoms with Crippen molar-refractivity contribution in [1.82, 2.24) is 10.6 Å². The number of benzene rings is 2. The van der Waals surface area contributed by atoms with Crippen LogP contribution in [0.2, 0.25) is 0 Å². The fourth-order valence-corrected chi connectivity index (χ4v) is 3.18. The summed E-state index contributed by atoms with van der Waals surface area (Å²) in [5, 5.41) is 9.61. The van der Waals surface area contributed by atoms with Gasteiger partial charge in [0.2, 0.25) is 0 Å². The SMILES string of the molecule is COc1ccc2ccccc2c1CNCC1CCNCC1.Cl.Cl. The third-order valence-corrected chi connectivity index (χ3v) is 4.41. The number of hydrogen-bond acceptors (Lipinski definition) is 3. The highest BCUT2D eigenvalue weighted by molar-refractivity contribution is 5.87. The predicted octanol–water partition coefficient (Wildman–Crippen LogP) is 3.78. The van der Waals surface area contributed by atoms with Gasteiger partial charge in [-0.25, -0.2) is 0 Å². The zero-order valence-corrected chi connectivity index (χ0v) is 15.1. The molecule has 1 aliphatic heterocycles. The van der Waals surface area contributed by atoms with Crippen LogP contribution in [0.15, 0.2) is 36.4 Å². The Bertz CT molecular complexity index is 601. The average Bonchev–Trinajstić information content (AvgIpc) is 2.56. The first kappa shape index (κ1) is 20.0. The van der Waals surface area contributed by atoms with Crippen LogP contribution >= 0.6 is 24.8 Å². The summed E-state index contributed by atoms with van der Waals surface area (Å²) in [7, 11) is 1.75. The monoisotopic (exact) mass is 356 g/mol. The lowest BCUT2D eigenvalue weighted by atomic mass is 9.98. The van der Waals surface area contributed by atoms with E-state index in [0.717, 1.165) is 37.8 Å². The van der Waals surface area contributed by atoms with E-state index in [-0.39, 0.29) is 24.8 Å². The summed E-state index contributed by atoms with van der Waals surface area (Å²) in [5.74, 6) is 1.78. The van der Waals surface area contributed by atoms with Crippen molar-refractivity contribution in [3.05, 3.63) is 42.0 Å². The lowest BCUT2D eigenvalue weighted by Crippen LogP contribution is -2.33. The van der Waals surface area contributed by atoms with Gasteiger partial charge in [0.15, 0.2) is 0 Å². The van der Waals surface area contributed by atoms with Gasteiger partial charge in [-0.05, 0) is 55.2 Å². The third kappa shape index (κ3) is 4.98. The van der Waals surface area contributed by atoms with Gasteiger partial charge in [-0.1, -0.05) is 30.3 Å². The Morgan fingerprint density at radius 2 is 1.83 bits per heavy atom. The number of methoxy groups -OCH3 is 1. The van der Waals surface area contributed by atoms with Crippen LogP contribution in [0.25, 0.3) is 10.8 Å². The van der Waals surface area contributed by atoms with Gasteiger partial charge in [-0.2, -0.15) is 0 Å². The molecule has 0 saturated carbocycles. The van der Waals surface area contributed by atoms with E-state index in [1.807, 2.05) is 0 Å². The Morgan fingerprint density at radius 3 is 2.57 bits per heavy atom. The van der Waals surface area contributed by atoms with Crippen molar-refractivity contribution < 1.29 is 4.74 Å². The fourth-order valence-electron chi connectivity index (χ4n) is 3.18. The Kier molecular flexibility index (Phi) is 8.71. The summed E-state index contributed by atoms with van der Waals surface area (Å²) in [4.78, 5) is 0. The van der Waals surface area contributed by atoms with Crippen LogP contribution < -0.4 is 15.4 Å². The maximum atomic E-state index is 5.55. The van der Waals surface area contributed by atoms with Crippen LogP contribution in [0.1, 0.15) is 18.4 Å². The van der Waals surface area contributed by atoms with E-state index in [0.29, 0.717) is 0 Å². The van der Waals surface area contributed by atoms with Crippen molar-refractivity contribution in [3.8, 4) is 5.75 Å². The first-order valence-electron chi connectivity index (χ1n) is 7.84. The maximum absolute atomic E-state index is 5.55. The van der Waals surface area contributed by atoms with E-state index in [4.69, 9.17) is 4.74 Å². The Hall–Kier alpha value is -1.00. The number of piperidine rings is 1. The second kappa shape index (κ2) is 9.99. The quantitative estimate of drug-likeness (QED) is 0.854. The summed E-state index contributed by atoms with van der Waals surface area (Å²) >= 11 is 0. The molecule has 1 saturated heterocycles. The van der Waals surface area contributed by atoms with E-state index in [9.17, 15) is 0 Å². The van der Waals surface area contributed by atoms with E-state index < -0.39 is 0 Å². The van der Waals surface area contributed by atoms with E-state index >= 15 is 0 Å². The first-order valence-corrected chi connectivity index (χ1v) is 7.84. The van der Waals surface area contributed by atoms with E-state index in [1.165, 1.54) is 29.2 Å². The van der Waals surface area contributed by atoms with Gasteiger partial charge >= 0.3 is 0 Å². The number of fused-ring (bicyclic) bond motifs is 1. The number of nitrogens with one attached hydrogen (secondary N) is 2. The average molecular weight is 357 g/mol. The molecule has 0 spiro atoms. The highest BCUT2D eigenvalue weighted by Crippen LogP contribution is 2.27. The normalized spacial score (nSPS) is 14.8. The third-order valence-electron chi connectivity index (χ3n) is 4.41. The molecule has 0 aliphatic carbocycles. The van der Waals surface area contributed by atoms with Gasteiger partial charge in [-0.15, -0.1) is 24.8 Å². The molecule has 3 nitrogen and oxygen atoms in total. The van der Waals surface area contributed by atoms with Crippen LogP contribution in [0.5, 0.6) is 5.75 Å². The Balaban J connectivity index is 0.00000132. The Labute approximate surface area is 151 Å². The van der Waals surface area contributed by atoms with Crippen molar-refractivity contribution in [2.75, 3.05) is 26.7 Å². The first-order chi connectivity index (χ1) is 10.4. The van der Waals surface area contributed by atoms with Gasteiger partial charge in [0.25, 0.3) is 0 Å². The van der Waals surface area contributed by atoms with Gasteiger partial charge in [0.05, 0.1) is 7.11 Å². The highest BCUT2D eigenvalue weighted by atomic mass is 35.5. The molecule has 2 aromatic carbocycles. The molecule has 1 aliphatic rings. The molecule has 128 valence electrons. The van der Waals surface area contributed by atoms with Gasteiger partial charge < -0.3 is 15.4 Å². The van der Waals surface area contributed by atoms with Gasteiger partial charge in [-0.3, -0.25) is 0 Å². The molecule has 0 atom stereocenters. The molecule has 5 heteroatoms. The molecule has 1 fully saturated rings. The lowest BCUT2D eigenvalue weighted by Gasteiger charge is -2.23. The topological polar surface area (TPSA) is 33.3 Å². The summed E-state index contributed by atoms with van der Waals surface area (Å²) in [6, 6.07) is 12.7. The molecule has 2 N–H and O–H groups in total. The molecule has 0 aromatic heterocycles. The van der Waals surface area contributed by atoms with Crippen LogP contribution in [-0.2, 0) is 6.54 Å². The van der Waals surface area contributed by atoms with E-state index in [1.54, 1.807) is 7.11 Å². The molecule has 0 unspecified atom stereocenters. The minimum absolute atomic E-state index is 0. The van der Waals surface area contributed by atoms with Gasteiger partial charge in [0.1, 0.15) is 5.75 Å². The lowest BCUT2D eigenvalue weighted by molar-refractivity contribution is 0.354. The molecule has 3 rings (SSSR count). The maximum Gasteiger partial charge on any atom is 0.123 e. The predicted molar refractivity (Wildman–Crippen MR) is 102 cm³/mol. The molecule has 0 radical (unpaired) electrons. The standard InChI is InChI=1S/C18H24N2O.2ClH/c1-21-18-7-6-15-4-2-3-5-16(15)17(18)13-20-12-14-8-10-19-11-9-14;;/h2-7,14,19-20H,8-13H2,1H3;2*1H. The smallest absolute Gasteiger partial charge is 0.123 e. The van der Waals surface area contributed by atoms with Crippen molar-refractivity contribution in [2.24, 2.45) is 5.92 Å². The summed E-state index contributed by atoms with van der Waals surface area (Å²) in [6.45, 7) is 4.27. The van der Waals surface area contributed by atoms with Gasteiger partial charge in [0, 0.05) is 12.1 Å². The van der Waals surface area contributed by atoms with Crippen LogP contribution in [0.3, 0.4) is 0 Å². The second-order valence-corrected chi connectivity index (χ2v) is 5.79. The van der Waals surface area contributed by atoms with Crippen LogP contribution in [0, 0.1) is 5.92 Å². The molecular formula is C18H26Cl2N2O. The van der Waals surface area contributed by atoms with Crippen LogP contribution in [-0.4, -0.2) is 26.7 Å². The van der Waals surface area contributed by atoms with Crippen molar-refractivity contribution >= 4 is 35.6 Å². The molecule has 2 aromatic rings. The van der Waals surface area contributed by atoms with Crippen molar-refractivity contribution in [2.45, 2.75) is 19.4 Å². The summed E-state index contributed by atoms with van der Waals surface area (Å²) in [5.41, 5.74) is 1.27. The minimum Gasteiger partial charge on any atom is -0.496 e. The van der Waals surface area contributed by atoms with Crippen LogP contribution in [0.4, 0.5) is 0 Å². The molecule has 1 heterocycles. The minimum atomic E-state index is 0. The van der Waals surface area contributed by atoms with Crippen molar-refractivity contribution in [3.63, 3.8) is 0 Å². The molecule has 23 heavy (non-hydrogen) atoms. The molecule has 0 bridgehead atoms. The highest BCUT2D eigenvalue weighted by Gasteiger charge is 2.13. The largest absolute Gasteiger partial charge is 0.496 e. The molecule has 0 amide bonds. The zero-order valence-electron chi connectivity index (χ0n) is 13.5. The number of halogens is 2. The van der Waals surface area contributed by atoms with Crippen molar-refractivity contribution in [1.29, 1.82) is 0 Å². The number of hydrogen-bond donors (Lipinski definition) is 2. The number of ether oxygens (including phenoxy) is 1. The Morgan fingerprint density at radius 1 is 1.09 bits per heavy atom. The fraction of sp³-hybridized carbons (Fsp3) is 0.444. The molecular weight excluding hydrogens is 331 g/mol. The zero-order chi connectivity index (χ0) is 14.5. The van der Waals surface area contributed by atoms with E-state index in [2.05, 4.69) is 47.0 Å².